The fourth-order valence-electron chi connectivity index (χ4n) is 2.91. The van der Waals surface area contributed by atoms with E-state index in [0.29, 0.717) is 13.1 Å². The molecule has 5 nitrogen and oxygen atoms in total. The summed E-state index contributed by atoms with van der Waals surface area (Å²) in [5.74, 6) is 1.28. The molecule has 1 amide bonds. The average molecular weight is 312 g/mol. The van der Waals surface area contributed by atoms with E-state index in [1.165, 1.54) is 4.90 Å². The predicted molar refractivity (Wildman–Crippen MR) is 89.1 cm³/mol. The van der Waals surface area contributed by atoms with E-state index in [1.807, 2.05) is 48.7 Å². The quantitative estimate of drug-likeness (QED) is 0.784. The number of aromatic amines is 1. The molecule has 1 aromatic carbocycles. The number of amides is 1. The number of hydrogen-bond acceptors (Lipinski definition) is 2. The summed E-state index contributed by atoms with van der Waals surface area (Å²) in [4.78, 5) is 19.0. The molecule has 3 N–H and O–H groups in total. The summed E-state index contributed by atoms with van der Waals surface area (Å²) in [6.07, 6.45) is 1.95. The van der Waals surface area contributed by atoms with Crippen LogP contribution in [0.5, 0.6) is 0 Å². The van der Waals surface area contributed by atoms with Crippen molar-refractivity contribution < 1.29 is 14.7 Å². The second-order valence-electron chi connectivity index (χ2n) is 5.92. The number of H-pyrrole nitrogens is 1. The van der Waals surface area contributed by atoms with Crippen LogP contribution < -0.4 is 20.1 Å². The van der Waals surface area contributed by atoms with E-state index in [1.54, 1.807) is 0 Å². The Morgan fingerprint density at radius 3 is 2.52 bits per heavy atom. The van der Waals surface area contributed by atoms with Gasteiger partial charge in [-0.05, 0) is 11.6 Å². The van der Waals surface area contributed by atoms with Crippen LogP contribution in [-0.4, -0.2) is 38.6 Å². The number of carbonyl (C=O) groups excluding carboxylic acids is 1. The number of rotatable bonds is 5. The zero-order chi connectivity index (χ0) is 15.9. The first-order valence-electron chi connectivity index (χ1n) is 8.17. The van der Waals surface area contributed by atoms with Gasteiger partial charge in [0.05, 0.1) is 6.20 Å². The van der Waals surface area contributed by atoms with Crippen molar-refractivity contribution >= 4 is 11.7 Å². The normalized spacial score (nSPS) is 15.4. The number of quaternary nitrogens is 1. The maximum absolute atomic E-state index is 12.1. The number of aromatic nitrogens is 1. The Bertz CT molecular complexity index is 609. The van der Waals surface area contributed by atoms with Crippen molar-refractivity contribution in [1.29, 1.82) is 0 Å². The van der Waals surface area contributed by atoms with Gasteiger partial charge < -0.3 is 10.2 Å². The van der Waals surface area contributed by atoms with Crippen molar-refractivity contribution in [1.82, 2.24) is 5.32 Å². The van der Waals surface area contributed by atoms with E-state index in [9.17, 15) is 4.79 Å². The molecule has 0 atom stereocenters. The maximum atomic E-state index is 12.1. The van der Waals surface area contributed by atoms with E-state index in [2.05, 4.69) is 21.3 Å². The van der Waals surface area contributed by atoms with E-state index in [4.69, 9.17) is 0 Å². The molecule has 2 aromatic rings. The highest BCUT2D eigenvalue weighted by Crippen LogP contribution is 2.04. The van der Waals surface area contributed by atoms with Crippen molar-refractivity contribution in [3.8, 4) is 0 Å². The van der Waals surface area contributed by atoms with E-state index < -0.39 is 0 Å². The summed E-state index contributed by atoms with van der Waals surface area (Å²) < 4.78 is 0. The third kappa shape index (κ3) is 4.53. The first-order valence-corrected chi connectivity index (χ1v) is 8.17. The van der Waals surface area contributed by atoms with Crippen LogP contribution in [0.3, 0.4) is 0 Å². The number of benzene rings is 1. The predicted octanol–water partition coefficient (Wildman–Crippen LogP) is -0.478. The minimum atomic E-state index is 0.128. The Labute approximate surface area is 136 Å². The Hall–Kier alpha value is -2.40. The number of pyridine rings is 1. The first-order chi connectivity index (χ1) is 11.3. The van der Waals surface area contributed by atoms with Gasteiger partial charge in [-0.25, -0.2) is 4.98 Å². The number of anilines is 1. The minimum Gasteiger partial charge on any atom is -0.347 e. The van der Waals surface area contributed by atoms with Gasteiger partial charge in [0.2, 0.25) is 0 Å². The van der Waals surface area contributed by atoms with Crippen LogP contribution in [0, 0.1) is 0 Å². The lowest BCUT2D eigenvalue weighted by Crippen LogP contribution is -3.16. The summed E-state index contributed by atoms with van der Waals surface area (Å²) >= 11 is 0. The standard InChI is InChI=1S/C18H22N4O/c23-18(20-14-16-6-2-1-3-7-16)15-21-10-12-22(13-11-21)17-8-4-5-9-19-17/h1-9H,10-15H2,(H,20,23)/p+2. The van der Waals surface area contributed by atoms with Crippen LogP contribution in [-0.2, 0) is 11.3 Å². The van der Waals surface area contributed by atoms with Gasteiger partial charge in [0.25, 0.3) is 11.7 Å². The number of nitrogens with zero attached hydrogens (tertiary/aromatic N) is 1. The highest BCUT2D eigenvalue weighted by molar-refractivity contribution is 5.76. The molecule has 0 unspecified atom stereocenters. The summed E-state index contributed by atoms with van der Waals surface area (Å²) in [6, 6.07) is 16.2. The van der Waals surface area contributed by atoms with Crippen molar-refractivity contribution in [2.24, 2.45) is 0 Å². The van der Waals surface area contributed by atoms with Crippen molar-refractivity contribution in [3.05, 3.63) is 60.3 Å². The molecule has 0 saturated carbocycles. The van der Waals surface area contributed by atoms with E-state index in [-0.39, 0.29) is 5.91 Å². The summed E-state index contributed by atoms with van der Waals surface area (Å²) in [7, 11) is 0. The lowest BCUT2D eigenvalue weighted by molar-refractivity contribution is -0.892. The van der Waals surface area contributed by atoms with Crippen LogP contribution in [0.2, 0.25) is 0 Å². The van der Waals surface area contributed by atoms with Crippen molar-refractivity contribution in [2.45, 2.75) is 6.54 Å². The third-order valence-electron chi connectivity index (χ3n) is 4.25. The molecule has 3 rings (SSSR count). The third-order valence-corrected chi connectivity index (χ3v) is 4.25. The molecule has 1 aliphatic rings. The molecule has 1 aliphatic heterocycles. The monoisotopic (exact) mass is 312 g/mol. The zero-order valence-corrected chi connectivity index (χ0v) is 13.3. The van der Waals surface area contributed by atoms with Crippen molar-refractivity contribution in [3.63, 3.8) is 0 Å². The molecule has 2 heterocycles. The lowest BCUT2D eigenvalue weighted by atomic mass is 10.2. The van der Waals surface area contributed by atoms with Crippen LogP contribution >= 0.6 is 0 Å². The van der Waals surface area contributed by atoms with E-state index in [0.717, 1.165) is 37.6 Å². The molecule has 5 heteroatoms. The van der Waals surface area contributed by atoms with Crippen molar-refractivity contribution in [2.75, 3.05) is 37.6 Å². The molecule has 0 spiro atoms. The Balaban J connectivity index is 1.41. The molecule has 23 heavy (non-hydrogen) atoms. The molecule has 0 radical (unpaired) electrons. The molecule has 0 bridgehead atoms. The Morgan fingerprint density at radius 2 is 1.83 bits per heavy atom. The highest BCUT2D eigenvalue weighted by atomic mass is 16.2. The topological polar surface area (TPSA) is 50.9 Å². The Morgan fingerprint density at radius 1 is 1.09 bits per heavy atom. The van der Waals surface area contributed by atoms with Gasteiger partial charge in [-0.3, -0.25) is 9.69 Å². The highest BCUT2D eigenvalue weighted by Gasteiger charge is 2.26. The fourth-order valence-corrected chi connectivity index (χ4v) is 2.91. The minimum absolute atomic E-state index is 0.128. The van der Waals surface area contributed by atoms with Gasteiger partial charge in [0.1, 0.15) is 26.2 Å². The first kappa shape index (κ1) is 15.5. The van der Waals surface area contributed by atoms with Crippen LogP contribution in [0.1, 0.15) is 5.56 Å². The van der Waals surface area contributed by atoms with Gasteiger partial charge in [-0.1, -0.05) is 36.4 Å². The van der Waals surface area contributed by atoms with Crippen LogP contribution in [0.25, 0.3) is 0 Å². The number of nitrogens with one attached hydrogen (secondary N) is 3. The lowest BCUT2D eigenvalue weighted by Gasteiger charge is -2.27. The molecule has 120 valence electrons. The van der Waals surface area contributed by atoms with Crippen LogP contribution in [0.4, 0.5) is 5.82 Å². The van der Waals surface area contributed by atoms with Gasteiger partial charge >= 0.3 is 0 Å². The van der Waals surface area contributed by atoms with Gasteiger partial charge in [-0.2, -0.15) is 0 Å². The maximum Gasteiger partial charge on any atom is 0.275 e. The van der Waals surface area contributed by atoms with Gasteiger partial charge in [0.15, 0.2) is 6.54 Å². The molecule has 1 saturated heterocycles. The average Bonchev–Trinajstić information content (AvgIpc) is 2.62. The number of carbonyl (C=O) groups is 1. The largest absolute Gasteiger partial charge is 0.347 e. The number of hydrogen-bond donors (Lipinski definition) is 2. The molecule has 0 aliphatic carbocycles. The summed E-state index contributed by atoms with van der Waals surface area (Å²) in [6.45, 7) is 5.09. The van der Waals surface area contributed by atoms with E-state index >= 15 is 0 Å². The summed E-state index contributed by atoms with van der Waals surface area (Å²) in [5.41, 5.74) is 1.14. The Kier molecular flexibility index (Phi) is 5.21. The number of piperazine rings is 1. The SMILES string of the molecule is O=C(C[NH+]1CCN(c2cccc[nH+]2)CC1)NCc1ccccc1. The van der Waals surface area contributed by atoms with Crippen LogP contribution in [0.15, 0.2) is 54.7 Å². The van der Waals surface area contributed by atoms with Gasteiger partial charge in [0, 0.05) is 12.6 Å². The summed E-state index contributed by atoms with van der Waals surface area (Å²) in [5, 5.41) is 3.01. The second kappa shape index (κ2) is 7.74. The zero-order valence-electron chi connectivity index (χ0n) is 13.3. The molecule has 1 fully saturated rings. The van der Waals surface area contributed by atoms with Gasteiger partial charge in [-0.15, -0.1) is 0 Å². The second-order valence-corrected chi connectivity index (χ2v) is 5.92. The molecular weight excluding hydrogens is 288 g/mol. The fraction of sp³-hybridized carbons (Fsp3) is 0.333. The molecule has 1 aromatic heterocycles. The smallest absolute Gasteiger partial charge is 0.275 e. The molecular formula is C18H24N4O+2.